The molecule has 2 saturated heterocycles. The van der Waals surface area contributed by atoms with Gasteiger partial charge in [-0.1, -0.05) is 19.1 Å². The fraction of sp³-hybridized carbons (Fsp3) is 0.700. The van der Waals surface area contributed by atoms with Crippen LogP contribution >= 0.6 is 0 Å². The third-order valence-electron chi connectivity index (χ3n) is 5.46. The quantitative estimate of drug-likeness (QED) is 0.832. The van der Waals surface area contributed by atoms with Crippen molar-refractivity contribution in [3.63, 3.8) is 0 Å². The lowest BCUT2D eigenvalue weighted by molar-refractivity contribution is 0.0476. The monoisotopic (exact) mass is 332 g/mol. The summed E-state index contributed by atoms with van der Waals surface area (Å²) in [6, 6.07) is 8.94. The molecule has 2 heterocycles. The second-order valence-electron chi connectivity index (χ2n) is 7.24. The number of aliphatic hydroxyl groups excluding tert-OH is 1. The first-order chi connectivity index (χ1) is 11.7. The Morgan fingerprint density at radius 3 is 2.38 bits per heavy atom. The molecule has 0 aromatic heterocycles. The van der Waals surface area contributed by atoms with Crippen LogP contribution in [0.3, 0.4) is 0 Å². The number of aryl methyl sites for hydroxylation is 1. The third-order valence-corrected chi connectivity index (χ3v) is 5.46. The molecule has 3 rings (SSSR count). The first kappa shape index (κ1) is 17.7. The Balaban J connectivity index is 1.35. The van der Waals surface area contributed by atoms with Gasteiger partial charge in [0.15, 0.2) is 0 Å². The molecular weight excluding hydrogens is 300 g/mol. The average Bonchev–Trinajstić information content (AvgIpc) is 3.16. The highest BCUT2D eigenvalue weighted by Crippen LogP contribution is 2.21. The van der Waals surface area contributed by atoms with Crippen LogP contribution in [0.4, 0.5) is 0 Å². The summed E-state index contributed by atoms with van der Waals surface area (Å²) < 4.78 is 5.73. The Kier molecular flexibility index (Phi) is 6.52. The van der Waals surface area contributed by atoms with E-state index >= 15 is 0 Å². The van der Waals surface area contributed by atoms with Gasteiger partial charge in [0, 0.05) is 12.6 Å². The molecule has 1 aromatic rings. The van der Waals surface area contributed by atoms with Gasteiger partial charge >= 0.3 is 0 Å². The van der Waals surface area contributed by atoms with Crippen molar-refractivity contribution >= 4 is 0 Å². The fourth-order valence-corrected chi connectivity index (χ4v) is 3.94. The van der Waals surface area contributed by atoms with E-state index in [1.807, 2.05) is 12.1 Å². The minimum absolute atomic E-state index is 0.373. The highest BCUT2D eigenvalue weighted by atomic mass is 16.5. The van der Waals surface area contributed by atoms with E-state index in [-0.39, 0.29) is 0 Å². The Morgan fingerprint density at radius 1 is 1.08 bits per heavy atom. The molecule has 24 heavy (non-hydrogen) atoms. The molecule has 0 aliphatic carbocycles. The van der Waals surface area contributed by atoms with E-state index in [4.69, 9.17) is 4.74 Å². The SMILES string of the molecule is CCc1ccc(OCC(O)CN2CCC(N3CCCC3)CC2)cc1. The number of hydrogen-bond acceptors (Lipinski definition) is 4. The van der Waals surface area contributed by atoms with Crippen LogP contribution in [0.15, 0.2) is 24.3 Å². The number of aliphatic hydroxyl groups is 1. The normalized spacial score (nSPS) is 21.9. The molecular formula is C20H32N2O2. The number of piperidine rings is 1. The Bertz CT molecular complexity index is 477. The predicted molar refractivity (Wildman–Crippen MR) is 97.6 cm³/mol. The second-order valence-corrected chi connectivity index (χ2v) is 7.24. The van der Waals surface area contributed by atoms with Gasteiger partial charge in [-0.3, -0.25) is 0 Å². The number of β-amino-alcohol motifs (C(OH)–C–C–N with tert-alkyl or cyclic N) is 1. The van der Waals surface area contributed by atoms with Crippen LogP contribution in [0.1, 0.15) is 38.2 Å². The van der Waals surface area contributed by atoms with Gasteiger partial charge in [0.05, 0.1) is 0 Å². The number of benzene rings is 1. The van der Waals surface area contributed by atoms with Crippen molar-refractivity contribution in [2.24, 2.45) is 0 Å². The van der Waals surface area contributed by atoms with Gasteiger partial charge in [-0.25, -0.2) is 0 Å². The summed E-state index contributed by atoms with van der Waals surface area (Å²) in [5.41, 5.74) is 1.31. The van der Waals surface area contributed by atoms with E-state index < -0.39 is 6.10 Å². The highest BCUT2D eigenvalue weighted by molar-refractivity contribution is 5.27. The van der Waals surface area contributed by atoms with Gasteiger partial charge in [0.2, 0.25) is 0 Å². The van der Waals surface area contributed by atoms with Crippen LogP contribution in [0.25, 0.3) is 0 Å². The zero-order valence-electron chi connectivity index (χ0n) is 15.0. The van der Waals surface area contributed by atoms with E-state index in [2.05, 4.69) is 28.9 Å². The van der Waals surface area contributed by atoms with Crippen molar-refractivity contribution in [2.45, 2.75) is 51.2 Å². The maximum atomic E-state index is 10.3. The molecule has 2 fully saturated rings. The molecule has 4 nitrogen and oxygen atoms in total. The van der Waals surface area contributed by atoms with Crippen LogP contribution in [0.5, 0.6) is 5.75 Å². The maximum absolute atomic E-state index is 10.3. The van der Waals surface area contributed by atoms with E-state index in [0.29, 0.717) is 6.61 Å². The van der Waals surface area contributed by atoms with Crippen LogP contribution in [0, 0.1) is 0 Å². The standard InChI is InChI=1S/C20H32N2O2/c1-2-17-5-7-20(8-6-17)24-16-19(23)15-21-13-9-18(10-14-21)22-11-3-4-12-22/h5-8,18-19,23H,2-4,9-16H2,1H3. The Morgan fingerprint density at radius 2 is 1.75 bits per heavy atom. The number of ether oxygens (including phenoxy) is 1. The highest BCUT2D eigenvalue weighted by Gasteiger charge is 2.27. The van der Waals surface area contributed by atoms with E-state index in [1.165, 1.54) is 44.3 Å². The lowest BCUT2D eigenvalue weighted by atomic mass is 10.0. The largest absolute Gasteiger partial charge is 0.491 e. The smallest absolute Gasteiger partial charge is 0.119 e. The summed E-state index contributed by atoms with van der Waals surface area (Å²) in [5, 5.41) is 10.3. The van der Waals surface area contributed by atoms with Crippen molar-refractivity contribution in [2.75, 3.05) is 39.3 Å². The molecule has 2 aliphatic heterocycles. The van der Waals surface area contributed by atoms with Gasteiger partial charge in [-0.15, -0.1) is 0 Å². The minimum atomic E-state index is -0.417. The van der Waals surface area contributed by atoms with Gasteiger partial charge in [0.25, 0.3) is 0 Å². The van der Waals surface area contributed by atoms with Gasteiger partial charge < -0.3 is 19.6 Å². The molecule has 1 N–H and O–H groups in total. The third kappa shape index (κ3) is 4.95. The molecule has 4 heteroatoms. The number of nitrogens with zero attached hydrogens (tertiary/aromatic N) is 2. The van der Waals surface area contributed by atoms with E-state index in [0.717, 1.165) is 37.8 Å². The van der Waals surface area contributed by atoms with Crippen LogP contribution < -0.4 is 4.74 Å². The number of likely N-dealkylation sites (tertiary alicyclic amines) is 2. The van der Waals surface area contributed by atoms with E-state index in [9.17, 15) is 5.11 Å². The summed E-state index contributed by atoms with van der Waals surface area (Å²) in [7, 11) is 0. The molecule has 0 spiro atoms. The van der Waals surface area contributed by atoms with Gasteiger partial charge in [-0.05, 0) is 76.0 Å². The molecule has 134 valence electrons. The molecule has 2 aliphatic rings. The zero-order valence-corrected chi connectivity index (χ0v) is 15.0. The summed E-state index contributed by atoms with van der Waals surface area (Å²) >= 11 is 0. The lowest BCUT2D eigenvalue weighted by Crippen LogP contribution is -2.46. The van der Waals surface area contributed by atoms with Crippen molar-refractivity contribution < 1.29 is 9.84 Å². The Labute approximate surface area is 146 Å². The van der Waals surface area contributed by atoms with Crippen LogP contribution in [0.2, 0.25) is 0 Å². The maximum Gasteiger partial charge on any atom is 0.119 e. The zero-order chi connectivity index (χ0) is 16.8. The number of rotatable bonds is 7. The molecule has 0 saturated carbocycles. The van der Waals surface area contributed by atoms with Crippen molar-refractivity contribution in [1.82, 2.24) is 9.80 Å². The first-order valence-electron chi connectivity index (χ1n) is 9.61. The average molecular weight is 332 g/mol. The summed E-state index contributed by atoms with van der Waals surface area (Å²) in [5.74, 6) is 0.846. The summed E-state index contributed by atoms with van der Waals surface area (Å²) in [6.07, 6.45) is 5.85. The lowest BCUT2D eigenvalue weighted by Gasteiger charge is -2.37. The topological polar surface area (TPSA) is 35.9 Å². The molecule has 0 bridgehead atoms. The molecule has 1 atom stereocenters. The predicted octanol–water partition coefficient (Wildman–Crippen LogP) is 2.55. The fourth-order valence-electron chi connectivity index (χ4n) is 3.94. The van der Waals surface area contributed by atoms with Crippen molar-refractivity contribution in [1.29, 1.82) is 0 Å². The van der Waals surface area contributed by atoms with Crippen LogP contribution in [-0.2, 0) is 6.42 Å². The molecule has 1 aromatic carbocycles. The van der Waals surface area contributed by atoms with Crippen molar-refractivity contribution in [3.8, 4) is 5.75 Å². The van der Waals surface area contributed by atoms with Gasteiger partial charge in [-0.2, -0.15) is 0 Å². The van der Waals surface area contributed by atoms with Gasteiger partial charge in [0.1, 0.15) is 18.5 Å². The minimum Gasteiger partial charge on any atom is -0.491 e. The first-order valence-corrected chi connectivity index (χ1v) is 9.61. The van der Waals surface area contributed by atoms with Crippen molar-refractivity contribution in [3.05, 3.63) is 29.8 Å². The summed E-state index contributed by atoms with van der Waals surface area (Å²) in [4.78, 5) is 5.05. The molecule has 1 unspecified atom stereocenters. The molecule has 0 radical (unpaired) electrons. The Hall–Kier alpha value is -1.10. The second kappa shape index (κ2) is 8.84. The summed E-state index contributed by atoms with van der Waals surface area (Å²) in [6.45, 7) is 8.02. The van der Waals surface area contributed by atoms with Crippen LogP contribution in [-0.4, -0.2) is 66.4 Å². The molecule has 0 amide bonds. The number of hydrogen-bond donors (Lipinski definition) is 1. The van der Waals surface area contributed by atoms with E-state index in [1.54, 1.807) is 0 Å².